The Bertz CT molecular complexity index is 776. The number of ether oxygens (including phenoxy) is 1. The Morgan fingerprint density at radius 3 is 2.92 bits per heavy atom. The van der Waals surface area contributed by atoms with Gasteiger partial charge in [-0.2, -0.15) is 0 Å². The van der Waals surface area contributed by atoms with Crippen LogP contribution in [0.5, 0.6) is 5.75 Å². The molecule has 0 spiro atoms. The fourth-order valence-electron chi connectivity index (χ4n) is 3.57. The minimum atomic E-state index is 0.00180. The van der Waals surface area contributed by atoms with Crippen LogP contribution in [0, 0.1) is 0 Å². The Morgan fingerprint density at radius 2 is 2.08 bits per heavy atom. The van der Waals surface area contributed by atoms with Gasteiger partial charge in [-0.05, 0) is 41.3 Å². The van der Waals surface area contributed by atoms with Gasteiger partial charge in [-0.15, -0.1) is 0 Å². The van der Waals surface area contributed by atoms with E-state index in [0.29, 0.717) is 17.5 Å². The highest BCUT2D eigenvalue weighted by molar-refractivity contribution is 6.30. The molecule has 1 N–H and O–H groups in total. The summed E-state index contributed by atoms with van der Waals surface area (Å²) in [5.74, 6) is 1.42. The van der Waals surface area contributed by atoms with Gasteiger partial charge in [0.05, 0.1) is 6.61 Å². The molecule has 1 fully saturated rings. The number of amides is 2. The molecule has 5 heteroatoms. The number of halogens is 1. The van der Waals surface area contributed by atoms with Crippen LogP contribution in [0.3, 0.4) is 0 Å². The highest BCUT2D eigenvalue weighted by Gasteiger charge is 2.28. The molecular formula is C20H21ClN2O2. The van der Waals surface area contributed by atoms with E-state index in [4.69, 9.17) is 16.3 Å². The highest BCUT2D eigenvalue weighted by atomic mass is 35.5. The number of fused-ring (bicyclic) bond motifs is 1. The summed E-state index contributed by atoms with van der Waals surface area (Å²) >= 11 is 5.88. The van der Waals surface area contributed by atoms with Crippen LogP contribution in [-0.4, -0.2) is 30.6 Å². The Hall–Kier alpha value is -2.20. The van der Waals surface area contributed by atoms with Crippen LogP contribution >= 0.6 is 11.6 Å². The number of hydrogen-bond acceptors (Lipinski definition) is 2. The lowest BCUT2D eigenvalue weighted by Crippen LogP contribution is -2.37. The summed E-state index contributed by atoms with van der Waals surface area (Å²) in [4.78, 5) is 14.3. The van der Waals surface area contributed by atoms with Crippen molar-refractivity contribution in [2.45, 2.75) is 25.3 Å². The van der Waals surface area contributed by atoms with Gasteiger partial charge in [-0.3, -0.25) is 0 Å². The molecule has 0 aromatic heterocycles. The second-order valence-corrected chi connectivity index (χ2v) is 7.12. The molecule has 0 radical (unpaired) electrons. The quantitative estimate of drug-likeness (QED) is 0.904. The summed E-state index contributed by atoms with van der Waals surface area (Å²) in [6, 6.07) is 14.0. The van der Waals surface area contributed by atoms with Crippen LogP contribution in [0.15, 0.2) is 42.5 Å². The molecule has 0 bridgehead atoms. The molecule has 4 nitrogen and oxygen atoms in total. The number of hydrogen-bond donors (Lipinski definition) is 1. The maximum absolute atomic E-state index is 12.4. The molecule has 2 aromatic rings. The first-order valence-electron chi connectivity index (χ1n) is 8.72. The van der Waals surface area contributed by atoms with Gasteiger partial charge in [0.2, 0.25) is 0 Å². The molecule has 1 unspecified atom stereocenters. The molecular weight excluding hydrogens is 336 g/mol. The number of urea groups is 1. The van der Waals surface area contributed by atoms with Gasteiger partial charge in [0.25, 0.3) is 0 Å². The zero-order chi connectivity index (χ0) is 17.2. The fourth-order valence-corrected chi connectivity index (χ4v) is 3.69. The summed E-state index contributed by atoms with van der Waals surface area (Å²) < 4.78 is 5.57. The lowest BCUT2D eigenvalue weighted by Gasteiger charge is -2.18. The molecule has 1 saturated heterocycles. The van der Waals surface area contributed by atoms with Gasteiger partial charge < -0.3 is 15.0 Å². The maximum atomic E-state index is 12.4. The molecule has 0 saturated carbocycles. The third-order valence-corrected chi connectivity index (χ3v) is 5.27. The average molecular weight is 357 g/mol. The number of carbonyl (C=O) groups is 1. The molecule has 2 aliphatic rings. The number of benzene rings is 2. The summed E-state index contributed by atoms with van der Waals surface area (Å²) in [5.41, 5.74) is 3.66. The first kappa shape index (κ1) is 16.3. The molecule has 2 aliphatic heterocycles. The lowest BCUT2D eigenvalue weighted by atomic mass is 9.96. The van der Waals surface area contributed by atoms with Crippen LogP contribution in [0.1, 0.15) is 29.0 Å². The molecule has 1 atom stereocenters. The van der Waals surface area contributed by atoms with Crippen molar-refractivity contribution in [1.82, 2.24) is 10.2 Å². The van der Waals surface area contributed by atoms with E-state index in [1.165, 1.54) is 11.1 Å². The van der Waals surface area contributed by atoms with Gasteiger partial charge in [-0.25, -0.2) is 4.79 Å². The minimum absolute atomic E-state index is 0.00180. The number of rotatable bonds is 3. The van der Waals surface area contributed by atoms with Crippen molar-refractivity contribution in [3.8, 4) is 5.75 Å². The van der Waals surface area contributed by atoms with Crippen molar-refractivity contribution < 1.29 is 9.53 Å². The van der Waals surface area contributed by atoms with Gasteiger partial charge in [0.1, 0.15) is 5.75 Å². The zero-order valence-corrected chi connectivity index (χ0v) is 14.8. The summed E-state index contributed by atoms with van der Waals surface area (Å²) in [5, 5.41) is 3.70. The third-order valence-electron chi connectivity index (χ3n) is 5.02. The van der Waals surface area contributed by atoms with E-state index in [1.807, 2.05) is 29.2 Å². The van der Waals surface area contributed by atoms with E-state index in [1.54, 1.807) is 0 Å². The standard InChI is InChI=1S/C20H21ClN2O2/c21-18-4-1-14(2-5-18)12-22-20(24)23-9-7-17(13-23)15-3-6-19-16(11-15)8-10-25-19/h1-6,11,17H,7-10,12-13H2,(H,22,24). The van der Waals surface area contributed by atoms with Crippen LogP contribution < -0.4 is 10.1 Å². The van der Waals surface area contributed by atoms with Crippen molar-refractivity contribution in [3.05, 3.63) is 64.2 Å². The van der Waals surface area contributed by atoms with Gasteiger partial charge in [-0.1, -0.05) is 35.9 Å². The fraction of sp³-hybridized carbons (Fsp3) is 0.350. The molecule has 2 heterocycles. The number of nitrogens with zero attached hydrogens (tertiary/aromatic N) is 1. The third kappa shape index (κ3) is 3.59. The van der Waals surface area contributed by atoms with Crippen LogP contribution in [0.2, 0.25) is 5.02 Å². The lowest BCUT2D eigenvalue weighted by molar-refractivity contribution is 0.208. The Labute approximate surface area is 152 Å². The Kier molecular flexibility index (Phi) is 4.53. The molecule has 130 valence electrons. The van der Waals surface area contributed by atoms with Crippen molar-refractivity contribution >= 4 is 17.6 Å². The predicted molar refractivity (Wildman–Crippen MR) is 98.3 cm³/mol. The molecule has 2 aromatic carbocycles. The van der Waals surface area contributed by atoms with E-state index < -0.39 is 0 Å². The van der Waals surface area contributed by atoms with E-state index in [0.717, 1.165) is 43.9 Å². The second kappa shape index (κ2) is 6.96. The first-order chi connectivity index (χ1) is 12.2. The van der Waals surface area contributed by atoms with Crippen LogP contribution in [-0.2, 0) is 13.0 Å². The number of carbonyl (C=O) groups excluding carboxylic acids is 1. The summed E-state index contributed by atoms with van der Waals surface area (Å²) in [7, 11) is 0. The summed E-state index contributed by atoms with van der Waals surface area (Å²) in [6.45, 7) is 2.87. The van der Waals surface area contributed by atoms with Crippen molar-refractivity contribution in [3.63, 3.8) is 0 Å². The highest BCUT2D eigenvalue weighted by Crippen LogP contribution is 2.32. The van der Waals surface area contributed by atoms with Gasteiger partial charge in [0.15, 0.2) is 0 Å². The van der Waals surface area contributed by atoms with Gasteiger partial charge >= 0.3 is 6.03 Å². The number of likely N-dealkylation sites (tertiary alicyclic amines) is 1. The summed E-state index contributed by atoms with van der Waals surface area (Å²) in [6.07, 6.45) is 2.00. The van der Waals surface area contributed by atoms with E-state index in [-0.39, 0.29) is 6.03 Å². The monoisotopic (exact) mass is 356 g/mol. The molecule has 0 aliphatic carbocycles. The maximum Gasteiger partial charge on any atom is 0.317 e. The first-order valence-corrected chi connectivity index (χ1v) is 9.10. The van der Waals surface area contributed by atoms with Crippen molar-refractivity contribution in [2.24, 2.45) is 0 Å². The van der Waals surface area contributed by atoms with Crippen LogP contribution in [0.4, 0.5) is 4.79 Å². The second-order valence-electron chi connectivity index (χ2n) is 6.68. The average Bonchev–Trinajstić information content (AvgIpc) is 3.29. The smallest absolute Gasteiger partial charge is 0.317 e. The SMILES string of the molecule is O=C(NCc1ccc(Cl)cc1)N1CCC(c2ccc3c(c2)CCO3)C1. The number of nitrogens with one attached hydrogen (secondary N) is 1. The van der Waals surface area contributed by atoms with Gasteiger partial charge in [0, 0.05) is 37.0 Å². The molecule has 25 heavy (non-hydrogen) atoms. The van der Waals surface area contributed by atoms with Crippen molar-refractivity contribution in [2.75, 3.05) is 19.7 Å². The Balaban J connectivity index is 1.34. The molecule has 4 rings (SSSR count). The van der Waals surface area contributed by atoms with Crippen LogP contribution in [0.25, 0.3) is 0 Å². The topological polar surface area (TPSA) is 41.6 Å². The normalized spacial score (nSPS) is 18.8. The van der Waals surface area contributed by atoms with Crippen molar-refractivity contribution in [1.29, 1.82) is 0 Å². The molecule has 2 amide bonds. The largest absolute Gasteiger partial charge is 0.493 e. The zero-order valence-electron chi connectivity index (χ0n) is 14.0. The van der Waals surface area contributed by atoms with E-state index in [2.05, 4.69) is 23.5 Å². The Morgan fingerprint density at radius 1 is 1.24 bits per heavy atom. The minimum Gasteiger partial charge on any atom is -0.493 e. The predicted octanol–water partition coefficient (Wildman–Crippen LogP) is 3.97. The van der Waals surface area contributed by atoms with E-state index >= 15 is 0 Å². The van der Waals surface area contributed by atoms with E-state index in [9.17, 15) is 4.79 Å².